The van der Waals surface area contributed by atoms with Crippen molar-refractivity contribution < 1.29 is 9.53 Å². The third-order valence-electron chi connectivity index (χ3n) is 3.65. The number of nitrogens with one attached hydrogen (secondary N) is 1. The van der Waals surface area contributed by atoms with Crippen LogP contribution in [0.2, 0.25) is 0 Å². The van der Waals surface area contributed by atoms with Gasteiger partial charge in [0.1, 0.15) is 5.60 Å². The summed E-state index contributed by atoms with van der Waals surface area (Å²) >= 11 is 0. The fourth-order valence-corrected chi connectivity index (χ4v) is 2.91. The number of rotatable bonds is 0. The van der Waals surface area contributed by atoms with Gasteiger partial charge in [-0.15, -0.1) is 0 Å². The quantitative estimate of drug-likeness (QED) is 0.704. The van der Waals surface area contributed by atoms with Crippen molar-refractivity contribution >= 4 is 6.09 Å². The number of amides is 1. The maximum absolute atomic E-state index is 12.0. The van der Waals surface area contributed by atoms with Crippen molar-refractivity contribution in [2.24, 2.45) is 5.41 Å². The first-order valence-corrected chi connectivity index (χ1v) is 6.51. The fraction of sp³-hybridized carbons (Fsp3) is 0.923. The van der Waals surface area contributed by atoms with Crippen LogP contribution in [0.1, 0.15) is 40.5 Å². The third kappa shape index (κ3) is 2.92. The van der Waals surface area contributed by atoms with Crippen LogP contribution in [0.5, 0.6) is 0 Å². The lowest BCUT2D eigenvalue weighted by atomic mass is 9.85. The highest BCUT2D eigenvalue weighted by Gasteiger charge is 2.44. The van der Waals surface area contributed by atoms with Crippen molar-refractivity contribution in [2.75, 3.05) is 19.6 Å². The van der Waals surface area contributed by atoms with E-state index >= 15 is 0 Å². The van der Waals surface area contributed by atoms with Crippen LogP contribution < -0.4 is 5.32 Å². The van der Waals surface area contributed by atoms with Gasteiger partial charge in [-0.3, -0.25) is 0 Å². The molecule has 2 atom stereocenters. The molecule has 4 heteroatoms. The van der Waals surface area contributed by atoms with Crippen LogP contribution in [-0.2, 0) is 4.74 Å². The molecule has 98 valence electrons. The van der Waals surface area contributed by atoms with Crippen LogP contribution in [0.25, 0.3) is 0 Å². The summed E-state index contributed by atoms with van der Waals surface area (Å²) in [4.78, 5) is 13.8. The molecule has 0 saturated carbocycles. The van der Waals surface area contributed by atoms with Gasteiger partial charge in [-0.25, -0.2) is 4.79 Å². The number of nitrogens with zero attached hydrogens (tertiary/aromatic N) is 1. The molecule has 2 fully saturated rings. The van der Waals surface area contributed by atoms with E-state index in [1.807, 2.05) is 25.7 Å². The summed E-state index contributed by atoms with van der Waals surface area (Å²) in [5.41, 5.74) is -0.0929. The average Bonchev–Trinajstić information content (AvgIpc) is 2.72. The molecule has 2 aliphatic rings. The summed E-state index contributed by atoms with van der Waals surface area (Å²) in [7, 11) is 0. The Labute approximate surface area is 104 Å². The van der Waals surface area contributed by atoms with Gasteiger partial charge in [0.15, 0.2) is 0 Å². The van der Waals surface area contributed by atoms with E-state index in [2.05, 4.69) is 12.2 Å². The van der Waals surface area contributed by atoms with Crippen LogP contribution in [0.4, 0.5) is 4.79 Å². The van der Waals surface area contributed by atoms with E-state index in [1.165, 1.54) is 6.42 Å². The largest absolute Gasteiger partial charge is 0.444 e. The summed E-state index contributed by atoms with van der Waals surface area (Å²) in [6.45, 7) is 10.7. The normalized spacial score (nSPS) is 33.4. The summed E-state index contributed by atoms with van der Waals surface area (Å²) in [6.07, 6.45) is 2.12. The molecule has 0 aliphatic carbocycles. The Balaban J connectivity index is 1.92. The van der Waals surface area contributed by atoms with E-state index in [9.17, 15) is 4.79 Å². The molecule has 2 saturated heterocycles. The zero-order valence-electron chi connectivity index (χ0n) is 11.4. The van der Waals surface area contributed by atoms with Crippen molar-refractivity contribution in [3.8, 4) is 0 Å². The molecule has 1 amide bonds. The van der Waals surface area contributed by atoms with Crippen molar-refractivity contribution in [3.63, 3.8) is 0 Å². The van der Waals surface area contributed by atoms with Crippen molar-refractivity contribution in [1.82, 2.24) is 10.2 Å². The van der Waals surface area contributed by atoms with E-state index in [0.717, 1.165) is 26.1 Å². The lowest BCUT2D eigenvalue weighted by molar-refractivity contribution is 0.0275. The average molecular weight is 240 g/mol. The second-order valence-electron chi connectivity index (χ2n) is 6.64. The molecule has 0 aromatic rings. The van der Waals surface area contributed by atoms with Crippen LogP contribution in [-0.4, -0.2) is 42.3 Å². The molecule has 2 rings (SSSR count). The molecule has 1 spiro atoms. The van der Waals surface area contributed by atoms with Gasteiger partial charge >= 0.3 is 6.09 Å². The zero-order chi connectivity index (χ0) is 12.7. The van der Waals surface area contributed by atoms with Crippen LogP contribution in [0, 0.1) is 5.41 Å². The van der Waals surface area contributed by atoms with Crippen molar-refractivity contribution in [1.29, 1.82) is 0 Å². The SMILES string of the molecule is CC1CC2(CCN(C(=O)OC(C)(C)C)C2)CN1. The smallest absolute Gasteiger partial charge is 0.410 e. The van der Waals surface area contributed by atoms with Crippen molar-refractivity contribution in [3.05, 3.63) is 0 Å². The van der Waals surface area contributed by atoms with E-state index in [-0.39, 0.29) is 6.09 Å². The van der Waals surface area contributed by atoms with Crippen molar-refractivity contribution in [2.45, 2.75) is 52.2 Å². The molecule has 2 unspecified atom stereocenters. The molecule has 17 heavy (non-hydrogen) atoms. The lowest BCUT2D eigenvalue weighted by Gasteiger charge is -2.26. The summed E-state index contributed by atoms with van der Waals surface area (Å²) in [6, 6.07) is 0.577. The topological polar surface area (TPSA) is 41.6 Å². The number of ether oxygens (including phenoxy) is 1. The van der Waals surface area contributed by atoms with Gasteiger partial charge in [0, 0.05) is 31.1 Å². The number of hydrogen-bond acceptors (Lipinski definition) is 3. The van der Waals surface area contributed by atoms with Gasteiger partial charge in [-0.1, -0.05) is 0 Å². The van der Waals surface area contributed by atoms with Gasteiger partial charge in [-0.2, -0.15) is 0 Å². The number of hydrogen-bond donors (Lipinski definition) is 1. The van der Waals surface area contributed by atoms with Gasteiger partial charge in [0.2, 0.25) is 0 Å². The summed E-state index contributed by atoms with van der Waals surface area (Å²) < 4.78 is 5.42. The predicted molar refractivity (Wildman–Crippen MR) is 66.9 cm³/mol. The summed E-state index contributed by atoms with van der Waals surface area (Å²) in [5, 5.41) is 3.48. The zero-order valence-corrected chi connectivity index (χ0v) is 11.4. The summed E-state index contributed by atoms with van der Waals surface area (Å²) in [5.74, 6) is 0. The van der Waals surface area contributed by atoms with E-state index in [4.69, 9.17) is 4.74 Å². The monoisotopic (exact) mass is 240 g/mol. The van der Waals surface area contributed by atoms with Crippen LogP contribution in [0.15, 0.2) is 0 Å². The van der Waals surface area contributed by atoms with E-state index < -0.39 is 5.60 Å². The molecule has 0 aromatic heterocycles. The fourth-order valence-electron chi connectivity index (χ4n) is 2.91. The number of likely N-dealkylation sites (tertiary alicyclic amines) is 1. The van der Waals surface area contributed by atoms with Crippen LogP contribution in [0.3, 0.4) is 0 Å². The van der Waals surface area contributed by atoms with Gasteiger partial charge < -0.3 is 15.0 Å². The van der Waals surface area contributed by atoms with Gasteiger partial charge in [-0.05, 0) is 40.5 Å². The second-order valence-corrected chi connectivity index (χ2v) is 6.64. The maximum atomic E-state index is 12.0. The molecule has 4 nitrogen and oxygen atoms in total. The number of carbonyl (C=O) groups excluding carboxylic acids is 1. The minimum Gasteiger partial charge on any atom is -0.444 e. The minimum absolute atomic E-state index is 0.158. The standard InChI is InChI=1S/C13H24N2O2/c1-10-7-13(8-14-10)5-6-15(9-13)11(16)17-12(2,3)4/h10,14H,5-9H2,1-4H3. The molecule has 0 aromatic carbocycles. The van der Waals surface area contributed by atoms with Crippen LogP contribution >= 0.6 is 0 Å². The Morgan fingerprint density at radius 1 is 1.47 bits per heavy atom. The molecular formula is C13H24N2O2. The van der Waals surface area contributed by atoms with Gasteiger partial charge in [0.05, 0.1) is 0 Å². The predicted octanol–water partition coefficient (Wildman–Crippen LogP) is 2.00. The molecule has 0 bridgehead atoms. The first-order valence-electron chi connectivity index (χ1n) is 6.51. The van der Waals surface area contributed by atoms with E-state index in [1.54, 1.807) is 0 Å². The Morgan fingerprint density at radius 3 is 2.71 bits per heavy atom. The maximum Gasteiger partial charge on any atom is 0.410 e. The Kier molecular flexibility index (Phi) is 3.10. The first kappa shape index (κ1) is 12.7. The molecule has 0 radical (unpaired) electrons. The Bertz CT molecular complexity index is 311. The minimum atomic E-state index is -0.395. The first-order chi connectivity index (χ1) is 7.80. The lowest BCUT2D eigenvalue weighted by Crippen LogP contribution is -2.37. The third-order valence-corrected chi connectivity index (χ3v) is 3.65. The number of carbonyl (C=O) groups is 1. The second kappa shape index (κ2) is 4.16. The van der Waals surface area contributed by atoms with Gasteiger partial charge in [0.25, 0.3) is 0 Å². The Morgan fingerprint density at radius 2 is 2.18 bits per heavy atom. The molecule has 2 aliphatic heterocycles. The highest BCUT2D eigenvalue weighted by Crippen LogP contribution is 2.38. The highest BCUT2D eigenvalue weighted by molar-refractivity contribution is 5.68. The van der Waals surface area contributed by atoms with E-state index in [0.29, 0.717) is 11.5 Å². The molecule has 1 N–H and O–H groups in total. The highest BCUT2D eigenvalue weighted by atomic mass is 16.6. The Hall–Kier alpha value is -0.770. The molecule has 2 heterocycles. The molecular weight excluding hydrogens is 216 g/mol.